The maximum Gasteiger partial charge on any atom is 0.243 e. The molecular weight excluding hydrogens is 296 g/mol. The van der Waals surface area contributed by atoms with E-state index in [0.717, 1.165) is 25.2 Å². The van der Waals surface area contributed by atoms with Gasteiger partial charge < -0.3 is 4.90 Å². The van der Waals surface area contributed by atoms with E-state index in [1.54, 1.807) is 16.4 Å². The van der Waals surface area contributed by atoms with E-state index in [9.17, 15) is 8.42 Å². The van der Waals surface area contributed by atoms with E-state index in [0.29, 0.717) is 29.8 Å². The third-order valence-corrected chi connectivity index (χ3v) is 6.63. The molecule has 2 atom stereocenters. The third kappa shape index (κ3) is 3.15. The Morgan fingerprint density at radius 2 is 1.50 bits per heavy atom. The van der Waals surface area contributed by atoms with E-state index < -0.39 is 10.0 Å². The molecule has 2 unspecified atom stereocenters. The summed E-state index contributed by atoms with van der Waals surface area (Å²) in [5.74, 6) is 0.866. The van der Waals surface area contributed by atoms with Crippen LogP contribution in [0.3, 0.4) is 0 Å². The normalized spacial score (nSPS) is 27.3. The molecule has 1 aromatic rings. The highest BCUT2D eigenvalue weighted by atomic mass is 32.2. The molecule has 0 amide bonds. The summed E-state index contributed by atoms with van der Waals surface area (Å²) >= 11 is 0. The summed E-state index contributed by atoms with van der Waals surface area (Å²) in [6, 6.07) is 7.45. The van der Waals surface area contributed by atoms with Crippen LogP contribution in [0.25, 0.3) is 0 Å². The van der Waals surface area contributed by atoms with E-state index in [1.165, 1.54) is 12.8 Å². The Bertz CT molecular complexity index is 596. The lowest BCUT2D eigenvalue weighted by molar-refractivity contribution is 0.222. The number of hydrogen-bond acceptors (Lipinski definition) is 3. The molecule has 4 nitrogen and oxygen atoms in total. The first-order chi connectivity index (χ1) is 10.5. The van der Waals surface area contributed by atoms with Crippen LogP contribution in [-0.2, 0) is 10.0 Å². The number of anilines is 1. The fraction of sp³-hybridized carbons (Fsp3) is 0.647. The second-order valence-electron chi connectivity index (χ2n) is 6.96. The highest BCUT2D eigenvalue weighted by Gasteiger charge is 2.31. The highest BCUT2D eigenvalue weighted by Crippen LogP contribution is 2.28. The SMILES string of the molecule is CC1CC(C)CN(S(=O)(=O)c2ccc(N3CCCC3)cc2)C1. The molecule has 2 fully saturated rings. The number of hydrogen-bond donors (Lipinski definition) is 0. The molecule has 5 heteroatoms. The van der Waals surface area contributed by atoms with Crippen LogP contribution in [0, 0.1) is 11.8 Å². The Hall–Kier alpha value is -1.07. The first-order valence-electron chi connectivity index (χ1n) is 8.32. The standard InChI is InChI=1S/C17H26N2O2S/c1-14-11-15(2)13-19(12-14)22(20,21)17-7-5-16(6-8-17)18-9-3-4-10-18/h5-8,14-15H,3-4,9-13H2,1-2H3. The third-order valence-electron chi connectivity index (χ3n) is 4.78. The van der Waals surface area contributed by atoms with Crippen molar-refractivity contribution in [3.8, 4) is 0 Å². The topological polar surface area (TPSA) is 40.6 Å². The molecule has 0 N–H and O–H groups in total. The summed E-state index contributed by atoms with van der Waals surface area (Å²) < 4.78 is 27.3. The van der Waals surface area contributed by atoms with Crippen molar-refractivity contribution in [3.05, 3.63) is 24.3 Å². The molecule has 0 saturated carbocycles. The van der Waals surface area contributed by atoms with Gasteiger partial charge in [-0.3, -0.25) is 0 Å². The molecule has 2 saturated heterocycles. The van der Waals surface area contributed by atoms with Crippen LogP contribution in [0.5, 0.6) is 0 Å². The van der Waals surface area contributed by atoms with Crippen LogP contribution in [0.4, 0.5) is 5.69 Å². The number of piperidine rings is 1. The van der Waals surface area contributed by atoms with E-state index in [2.05, 4.69) is 18.7 Å². The van der Waals surface area contributed by atoms with Gasteiger partial charge in [0.15, 0.2) is 0 Å². The molecule has 0 spiro atoms. The molecule has 0 bridgehead atoms. The van der Waals surface area contributed by atoms with Gasteiger partial charge in [-0.25, -0.2) is 8.42 Å². The van der Waals surface area contributed by atoms with Gasteiger partial charge in [-0.2, -0.15) is 4.31 Å². The van der Waals surface area contributed by atoms with Crippen molar-refractivity contribution >= 4 is 15.7 Å². The maximum absolute atomic E-state index is 12.8. The summed E-state index contributed by atoms with van der Waals surface area (Å²) in [7, 11) is -3.35. The van der Waals surface area contributed by atoms with Gasteiger partial charge in [-0.15, -0.1) is 0 Å². The lowest BCUT2D eigenvalue weighted by atomic mass is 9.94. The second kappa shape index (κ2) is 6.20. The van der Waals surface area contributed by atoms with Crippen molar-refractivity contribution in [2.75, 3.05) is 31.1 Å². The monoisotopic (exact) mass is 322 g/mol. The van der Waals surface area contributed by atoms with Crippen LogP contribution < -0.4 is 4.90 Å². The molecule has 2 aliphatic rings. The molecular formula is C17H26N2O2S. The van der Waals surface area contributed by atoms with Gasteiger partial charge in [0, 0.05) is 31.9 Å². The molecule has 3 rings (SSSR count). The first-order valence-corrected chi connectivity index (χ1v) is 9.76. The van der Waals surface area contributed by atoms with Gasteiger partial charge in [-0.05, 0) is 55.4 Å². The molecule has 122 valence electrons. The zero-order chi connectivity index (χ0) is 15.7. The fourth-order valence-electron chi connectivity index (χ4n) is 3.76. The summed E-state index contributed by atoms with van der Waals surface area (Å²) in [5, 5.41) is 0. The van der Waals surface area contributed by atoms with Gasteiger partial charge in [0.1, 0.15) is 0 Å². The molecule has 0 aliphatic carbocycles. The smallest absolute Gasteiger partial charge is 0.243 e. The molecule has 22 heavy (non-hydrogen) atoms. The Balaban J connectivity index is 1.79. The molecule has 1 aromatic carbocycles. The van der Waals surface area contributed by atoms with Crippen molar-refractivity contribution < 1.29 is 8.42 Å². The fourth-order valence-corrected chi connectivity index (χ4v) is 5.43. The molecule has 0 radical (unpaired) electrons. The van der Waals surface area contributed by atoms with Crippen molar-refractivity contribution in [1.29, 1.82) is 0 Å². The van der Waals surface area contributed by atoms with Crippen LogP contribution in [-0.4, -0.2) is 38.9 Å². The minimum absolute atomic E-state index is 0.428. The summed E-state index contributed by atoms with van der Waals surface area (Å²) in [6.45, 7) is 7.70. The highest BCUT2D eigenvalue weighted by molar-refractivity contribution is 7.89. The lowest BCUT2D eigenvalue weighted by Crippen LogP contribution is -2.42. The number of nitrogens with zero attached hydrogens (tertiary/aromatic N) is 2. The Labute approximate surface area is 134 Å². The van der Waals surface area contributed by atoms with Gasteiger partial charge in [0.05, 0.1) is 4.90 Å². The zero-order valence-electron chi connectivity index (χ0n) is 13.5. The predicted molar refractivity (Wildman–Crippen MR) is 89.6 cm³/mol. The minimum atomic E-state index is -3.35. The number of rotatable bonds is 3. The lowest BCUT2D eigenvalue weighted by Gasteiger charge is -2.34. The summed E-state index contributed by atoms with van der Waals surface area (Å²) in [4.78, 5) is 2.75. The zero-order valence-corrected chi connectivity index (χ0v) is 14.3. The molecule has 0 aromatic heterocycles. The van der Waals surface area contributed by atoms with Crippen LogP contribution in [0.1, 0.15) is 33.1 Å². The summed E-state index contributed by atoms with van der Waals surface area (Å²) in [6.07, 6.45) is 3.56. The van der Waals surface area contributed by atoms with Gasteiger partial charge in [0.25, 0.3) is 0 Å². The Kier molecular flexibility index (Phi) is 4.46. The van der Waals surface area contributed by atoms with E-state index in [-0.39, 0.29) is 0 Å². The minimum Gasteiger partial charge on any atom is -0.372 e. The van der Waals surface area contributed by atoms with Gasteiger partial charge in [0.2, 0.25) is 10.0 Å². The van der Waals surface area contributed by atoms with E-state index in [1.807, 2.05) is 12.1 Å². The van der Waals surface area contributed by atoms with Crippen LogP contribution >= 0.6 is 0 Å². The van der Waals surface area contributed by atoms with Gasteiger partial charge in [-0.1, -0.05) is 13.8 Å². The second-order valence-corrected chi connectivity index (χ2v) is 8.89. The van der Waals surface area contributed by atoms with Crippen LogP contribution in [0.15, 0.2) is 29.2 Å². The average molecular weight is 322 g/mol. The van der Waals surface area contributed by atoms with Crippen molar-refractivity contribution in [2.45, 2.75) is 38.0 Å². The average Bonchev–Trinajstić information content (AvgIpc) is 3.00. The Morgan fingerprint density at radius 3 is 2.05 bits per heavy atom. The molecule has 2 aliphatic heterocycles. The molecule has 2 heterocycles. The first kappa shape index (κ1) is 15.8. The summed E-state index contributed by atoms with van der Waals surface area (Å²) in [5.41, 5.74) is 1.14. The van der Waals surface area contributed by atoms with Crippen molar-refractivity contribution in [1.82, 2.24) is 4.31 Å². The number of sulfonamides is 1. The van der Waals surface area contributed by atoms with E-state index >= 15 is 0 Å². The van der Waals surface area contributed by atoms with Crippen molar-refractivity contribution in [3.63, 3.8) is 0 Å². The van der Waals surface area contributed by atoms with Gasteiger partial charge >= 0.3 is 0 Å². The number of benzene rings is 1. The maximum atomic E-state index is 12.8. The van der Waals surface area contributed by atoms with Crippen LogP contribution in [0.2, 0.25) is 0 Å². The largest absolute Gasteiger partial charge is 0.372 e. The predicted octanol–water partition coefficient (Wildman–Crippen LogP) is 2.95. The quantitative estimate of drug-likeness (QED) is 0.859. The van der Waals surface area contributed by atoms with Crippen molar-refractivity contribution in [2.24, 2.45) is 11.8 Å². The van der Waals surface area contributed by atoms with E-state index in [4.69, 9.17) is 0 Å². The Morgan fingerprint density at radius 1 is 0.955 bits per heavy atom.